The summed E-state index contributed by atoms with van der Waals surface area (Å²) in [6, 6.07) is 4.13. The maximum atomic E-state index is 12.5. The van der Waals surface area contributed by atoms with E-state index in [0.717, 1.165) is 24.2 Å². The van der Waals surface area contributed by atoms with Crippen LogP contribution in [0.5, 0.6) is 0 Å². The zero-order valence-electron chi connectivity index (χ0n) is 16.5. The summed E-state index contributed by atoms with van der Waals surface area (Å²) < 4.78 is 5.32. The molecule has 3 rings (SSSR count). The SMILES string of the molecule is Cc1cc(C(=O)NC[C@@H]2CC[C@H](CC(=O)N3CCOCC3)N2C)cc(C)n1. The van der Waals surface area contributed by atoms with Gasteiger partial charge in [0.25, 0.3) is 5.91 Å². The average Bonchev–Trinajstić information content (AvgIpc) is 2.99. The second-order valence-corrected chi connectivity index (χ2v) is 7.60. The van der Waals surface area contributed by atoms with E-state index in [2.05, 4.69) is 22.2 Å². The van der Waals surface area contributed by atoms with Crippen LogP contribution in [0.4, 0.5) is 0 Å². The Labute approximate surface area is 161 Å². The molecule has 1 aromatic rings. The molecule has 1 N–H and O–H groups in total. The molecule has 0 spiro atoms. The van der Waals surface area contributed by atoms with Gasteiger partial charge in [-0.05, 0) is 45.9 Å². The predicted octanol–water partition coefficient (Wildman–Crippen LogP) is 1.14. The van der Waals surface area contributed by atoms with E-state index in [9.17, 15) is 9.59 Å². The van der Waals surface area contributed by atoms with Crippen molar-refractivity contribution in [3.63, 3.8) is 0 Å². The highest BCUT2D eigenvalue weighted by atomic mass is 16.5. The van der Waals surface area contributed by atoms with Crippen molar-refractivity contribution in [1.82, 2.24) is 20.1 Å². The first-order valence-corrected chi connectivity index (χ1v) is 9.75. The molecule has 0 bridgehead atoms. The van der Waals surface area contributed by atoms with Crippen LogP contribution in [-0.2, 0) is 9.53 Å². The maximum Gasteiger partial charge on any atom is 0.251 e. The summed E-state index contributed by atoms with van der Waals surface area (Å²) in [6.45, 7) is 7.04. The van der Waals surface area contributed by atoms with Crippen LogP contribution in [0.2, 0.25) is 0 Å². The van der Waals surface area contributed by atoms with Gasteiger partial charge in [0.15, 0.2) is 0 Å². The Hall–Kier alpha value is -1.99. The first-order valence-electron chi connectivity index (χ1n) is 9.75. The number of hydrogen-bond acceptors (Lipinski definition) is 5. The van der Waals surface area contributed by atoms with E-state index in [0.29, 0.717) is 44.8 Å². The quantitative estimate of drug-likeness (QED) is 0.837. The smallest absolute Gasteiger partial charge is 0.251 e. The molecule has 0 aliphatic carbocycles. The number of amides is 2. The van der Waals surface area contributed by atoms with Gasteiger partial charge in [0.05, 0.1) is 13.2 Å². The van der Waals surface area contributed by atoms with Gasteiger partial charge in [-0.2, -0.15) is 0 Å². The van der Waals surface area contributed by atoms with E-state index in [4.69, 9.17) is 4.74 Å². The molecule has 2 fully saturated rings. The summed E-state index contributed by atoms with van der Waals surface area (Å²) in [6.07, 6.45) is 2.52. The second kappa shape index (κ2) is 8.80. The van der Waals surface area contributed by atoms with E-state index in [1.54, 1.807) is 0 Å². The number of nitrogens with zero attached hydrogens (tertiary/aromatic N) is 3. The summed E-state index contributed by atoms with van der Waals surface area (Å²) in [5, 5.41) is 3.04. The van der Waals surface area contributed by atoms with E-state index >= 15 is 0 Å². The molecule has 148 valence electrons. The Bertz CT molecular complexity index is 668. The minimum absolute atomic E-state index is 0.0650. The number of aryl methyl sites for hydroxylation is 2. The number of carbonyl (C=O) groups is 2. The zero-order chi connectivity index (χ0) is 19.4. The number of hydrogen-bond donors (Lipinski definition) is 1. The molecule has 7 nitrogen and oxygen atoms in total. The molecule has 0 unspecified atom stereocenters. The van der Waals surface area contributed by atoms with Gasteiger partial charge in [-0.3, -0.25) is 19.5 Å². The van der Waals surface area contributed by atoms with Crippen molar-refractivity contribution in [2.75, 3.05) is 39.9 Å². The monoisotopic (exact) mass is 374 g/mol. The lowest BCUT2D eigenvalue weighted by atomic mass is 10.1. The molecule has 7 heteroatoms. The van der Waals surface area contributed by atoms with Crippen molar-refractivity contribution in [2.45, 2.75) is 45.2 Å². The van der Waals surface area contributed by atoms with Crippen LogP contribution in [-0.4, -0.2) is 78.6 Å². The van der Waals surface area contributed by atoms with Gasteiger partial charge < -0.3 is 15.0 Å². The minimum Gasteiger partial charge on any atom is -0.378 e. The summed E-state index contributed by atoms with van der Waals surface area (Å²) in [4.78, 5) is 33.4. The molecule has 2 atom stereocenters. The number of likely N-dealkylation sites (N-methyl/N-ethyl adjacent to an activating group) is 1. The molecule has 2 aliphatic rings. The number of likely N-dealkylation sites (tertiary alicyclic amines) is 1. The lowest BCUT2D eigenvalue weighted by Crippen LogP contribution is -2.45. The molecule has 0 saturated carbocycles. The van der Waals surface area contributed by atoms with Crippen molar-refractivity contribution in [1.29, 1.82) is 0 Å². The fraction of sp³-hybridized carbons (Fsp3) is 0.650. The molecule has 1 aromatic heterocycles. The number of rotatable bonds is 5. The summed E-state index contributed by atoms with van der Waals surface area (Å²) >= 11 is 0. The first kappa shape index (κ1) is 19.8. The summed E-state index contributed by atoms with van der Waals surface area (Å²) in [5.74, 6) is 0.146. The third-order valence-corrected chi connectivity index (χ3v) is 5.60. The Balaban J connectivity index is 1.48. The number of aromatic nitrogens is 1. The van der Waals surface area contributed by atoms with Crippen molar-refractivity contribution >= 4 is 11.8 Å². The molecule has 0 aromatic carbocycles. The van der Waals surface area contributed by atoms with Crippen LogP contribution in [0.3, 0.4) is 0 Å². The van der Waals surface area contributed by atoms with Crippen molar-refractivity contribution in [3.05, 3.63) is 29.1 Å². The van der Waals surface area contributed by atoms with Crippen LogP contribution in [0, 0.1) is 13.8 Å². The average molecular weight is 374 g/mol. The van der Waals surface area contributed by atoms with Crippen LogP contribution < -0.4 is 5.32 Å². The van der Waals surface area contributed by atoms with Crippen LogP contribution in [0.1, 0.15) is 41.0 Å². The predicted molar refractivity (Wildman–Crippen MR) is 103 cm³/mol. The van der Waals surface area contributed by atoms with Crippen LogP contribution in [0.25, 0.3) is 0 Å². The lowest BCUT2D eigenvalue weighted by molar-refractivity contribution is -0.136. The number of morpholine rings is 1. The van der Waals surface area contributed by atoms with Gasteiger partial charge in [0.1, 0.15) is 0 Å². The minimum atomic E-state index is -0.0650. The van der Waals surface area contributed by atoms with Crippen molar-refractivity contribution in [2.24, 2.45) is 0 Å². The van der Waals surface area contributed by atoms with E-state index in [1.165, 1.54) is 0 Å². The topological polar surface area (TPSA) is 74.8 Å². The molecule has 2 amide bonds. The molecular formula is C20H30N4O3. The highest BCUT2D eigenvalue weighted by Gasteiger charge is 2.33. The maximum absolute atomic E-state index is 12.5. The Morgan fingerprint density at radius 2 is 1.78 bits per heavy atom. The molecule has 0 radical (unpaired) electrons. The third kappa shape index (κ3) is 5.05. The van der Waals surface area contributed by atoms with E-state index < -0.39 is 0 Å². The van der Waals surface area contributed by atoms with Gasteiger partial charge in [-0.25, -0.2) is 0 Å². The van der Waals surface area contributed by atoms with Gasteiger partial charge in [0, 0.05) is 55.1 Å². The lowest BCUT2D eigenvalue weighted by Gasteiger charge is -2.30. The van der Waals surface area contributed by atoms with Gasteiger partial charge in [-0.1, -0.05) is 0 Å². The van der Waals surface area contributed by atoms with Crippen molar-refractivity contribution in [3.8, 4) is 0 Å². The second-order valence-electron chi connectivity index (χ2n) is 7.60. The number of nitrogens with one attached hydrogen (secondary N) is 1. The molecule has 2 aliphatic heterocycles. The van der Waals surface area contributed by atoms with Gasteiger partial charge >= 0.3 is 0 Å². The van der Waals surface area contributed by atoms with E-state index in [-0.39, 0.29) is 23.9 Å². The summed E-state index contributed by atoms with van der Waals surface area (Å²) in [7, 11) is 2.06. The first-order chi connectivity index (χ1) is 12.9. The highest BCUT2D eigenvalue weighted by Crippen LogP contribution is 2.25. The van der Waals surface area contributed by atoms with E-state index in [1.807, 2.05) is 30.9 Å². The number of pyridine rings is 1. The van der Waals surface area contributed by atoms with Gasteiger partial charge in [-0.15, -0.1) is 0 Å². The highest BCUT2D eigenvalue weighted by molar-refractivity contribution is 5.94. The Morgan fingerprint density at radius 1 is 1.15 bits per heavy atom. The fourth-order valence-electron chi connectivity index (χ4n) is 4.00. The third-order valence-electron chi connectivity index (χ3n) is 5.60. The Morgan fingerprint density at radius 3 is 2.44 bits per heavy atom. The van der Waals surface area contributed by atoms with Crippen molar-refractivity contribution < 1.29 is 14.3 Å². The molecule has 2 saturated heterocycles. The largest absolute Gasteiger partial charge is 0.378 e. The zero-order valence-corrected chi connectivity index (χ0v) is 16.5. The normalized spacial score (nSPS) is 23.4. The molecular weight excluding hydrogens is 344 g/mol. The number of ether oxygens (including phenoxy) is 1. The standard InChI is InChI=1S/C20H30N4O3/c1-14-10-16(11-15(2)22-14)20(26)21-13-18-5-4-17(23(18)3)12-19(25)24-6-8-27-9-7-24/h10-11,17-18H,4-9,12-13H2,1-3H3,(H,21,26)/t17-,18+/m1/s1. The van der Waals surface area contributed by atoms with Crippen LogP contribution in [0.15, 0.2) is 12.1 Å². The summed E-state index contributed by atoms with van der Waals surface area (Å²) in [5.41, 5.74) is 2.35. The Kier molecular flexibility index (Phi) is 6.44. The molecule has 27 heavy (non-hydrogen) atoms. The van der Waals surface area contributed by atoms with Gasteiger partial charge in [0.2, 0.25) is 5.91 Å². The number of carbonyl (C=O) groups excluding carboxylic acids is 2. The molecule has 3 heterocycles. The fourth-order valence-corrected chi connectivity index (χ4v) is 4.00. The van der Waals surface area contributed by atoms with Crippen LogP contribution >= 0.6 is 0 Å².